The standard InChI is InChI=1S/C13H25O2P.C3H8/c1-6-13(9-7-8-10-13)15-11(14)12(2,3)16(4)5;1-3-2/h6-10H2,1-5H3;3H2,1-2H3. The van der Waals surface area contributed by atoms with Crippen molar-refractivity contribution in [2.45, 2.75) is 83.9 Å². The second-order valence-electron chi connectivity index (χ2n) is 6.29. The van der Waals surface area contributed by atoms with Gasteiger partial charge < -0.3 is 4.74 Å². The molecule has 0 radical (unpaired) electrons. The molecule has 1 fully saturated rings. The number of rotatable bonds is 4. The van der Waals surface area contributed by atoms with Gasteiger partial charge in [-0.15, -0.1) is 0 Å². The fraction of sp³-hybridized carbons (Fsp3) is 0.938. The predicted octanol–water partition coefficient (Wildman–Crippen LogP) is 5.19. The Morgan fingerprint density at radius 2 is 1.58 bits per heavy atom. The number of hydrogen-bond acceptors (Lipinski definition) is 2. The van der Waals surface area contributed by atoms with E-state index in [2.05, 4.69) is 34.1 Å². The molecule has 0 N–H and O–H groups in total. The van der Waals surface area contributed by atoms with Crippen LogP contribution >= 0.6 is 7.92 Å². The molecule has 0 unspecified atom stereocenters. The first kappa shape index (κ1) is 18.9. The summed E-state index contributed by atoms with van der Waals surface area (Å²) in [5, 5.41) is -0.305. The van der Waals surface area contributed by atoms with Gasteiger partial charge in [0.25, 0.3) is 0 Å². The van der Waals surface area contributed by atoms with Crippen LogP contribution in [0.1, 0.15) is 73.1 Å². The average molecular weight is 288 g/mol. The molecule has 2 nitrogen and oxygen atoms in total. The molecule has 0 aromatic heterocycles. The molecule has 0 aliphatic heterocycles. The molecule has 1 saturated carbocycles. The van der Waals surface area contributed by atoms with Crippen molar-refractivity contribution in [3.8, 4) is 0 Å². The van der Waals surface area contributed by atoms with Crippen LogP contribution in [0.4, 0.5) is 0 Å². The van der Waals surface area contributed by atoms with Crippen LogP contribution in [0.15, 0.2) is 0 Å². The zero-order valence-corrected chi connectivity index (χ0v) is 14.9. The molecule has 19 heavy (non-hydrogen) atoms. The summed E-state index contributed by atoms with van der Waals surface area (Å²) in [7, 11) is -0.305. The van der Waals surface area contributed by atoms with Gasteiger partial charge >= 0.3 is 5.97 Å². The van der Waals surface area contributed by atoms with Gasteiger partial charge in [-0.25, -0.2) is 0 Å². The molecule has 0 amide bonds. The average Bonchev–Trinajstić information content (AvgIpc) is 2.79. The number of carbonyl (C=O) groups excluding carboxylic acids is 1. The Bertz CT molecular complexity index is 266. The van der Waals surface area contributed by atoms with Gasteiger partial charge in [-0.05, 0) is 59.3 Å². The van der Waals surface area contributed by atoms with Gasteiger partial charge in [-0.1, -0.05) is 35.1 Å². The van der Waals surface area contributed by atoms with Crippen LogP contribution in [0, 0.1) is 0 Å². The lowest BCUT2D eigenvalue weighted by Crippen LogP contribution is -2.40. The Kier molecular flexibility index (Phi) is 8.20. The molecule has 0 bridgehead atoms. The fourth-order valence-corrected chi connectivity index (χ4v) is 2.46. The quantitative estimate of drug-likeness (QED) is 0.525. The van der Waals surface area contributed by atoms with Gasteiger partial charge in [0.15, 0.2) is 0 Å². The number of carbonyl (C=O) groups is 1. The van der Waals surface area contributed by atoms with E-state index in [0.29, 0.717) is 0 Å². The van der Waals surface area contributed by atoms with E-state index in [9.17, 15) is 4.79 Å². The van der Waals surface area contributed by atoms with Crippen LogP contribution in [-0.4, -0.2) is 30.1 Å². The van der Waals surface area contributed by atoms with Gasteiger partial charge in [0.2, 0.25) is 0 Å². The Hall–Kier alpha value is -0.100. The molecule has 1 aliphatic carbocycles. The largest absolute Gasteiger partial charge is 0.458 e. The van der Waals surface area contributed by atoms with E-state index < -0.39 is 0 Å². The molecular formula is C16H33O2P. The molecule has 1 rings (SSSR count). The molecule has 0 spiro atoms. The van der Waals surface area contributed by atoms with Gasteiger partial charge in [0, 0.05) is 0 Å². The summed E-state index contributed by atoms with van der Waals surface area (Å²) in [4.78, 5) is 12.2. The second-order valence-corrected chi connectivity index (χ2v) is 9.20. The van der Waals surface area contributed by atoms with Crippen LogP contribution in [0.2, 0.25) is 0 Å². The highest BCUT2D eigenvalue weighted by Gasteiger charge is 2.41. The van der Waals surface area contributed by atoms with E-state index in [4.69, 9.17) is 4.74 Å². The van der Waals surface area contributed by atoms with E-state index in [1.807, 2.05) is 13.8 Å². The Morgan fingerprint density at radius 3 is 1.89 bits per heavy atom. The molecule has 3 heteroatoms. The molecule has 114 valence electrons. The molecule has 0 heterocycles. The number of hydrogen-bond donors (Lipinski definition) is 0. The number of esters is 1. The van der Waals surface area contributed by atoms with E-state index >= 15 is 0 Å². The van der Waals surface area contributed by atoms with Gasteiger partial charge in [-0.3, -0.25) is 4.79 Å². The normalized spacial score (nSPS) is 17.9. The lowest BCUT2D eigenvalue weighted by molar-refractivity contribution is -0.162. The minimum atomic E-state index is -0.305. The van der Waals surface area contributed by atoms with Crippen LogP contribution in [0.5, 0.6) is 0 Å². The lowest BCUT2D eigenvalue weighted by atomic mass is 9.98. The zero-order chi connectivity index (χ0) is 15.1. The third kappa shape index (κ3) is 5.42. The first-order valence-corrected chi connectivity index (χ1v) is 9.90. The topological polar surface area (TPSA) is 26.3 Å². The Labute approximate surface area is 121 Å². The Balaban J connectivity index is 0.000000982. The molecule has 0 aromatic carbocycles. The monoisotopic (exact) mass is 288 g/mol. The maximum absolute atomic E-state index is 12.2. The molecular weight excluding hydrogens is 255 g/mol. The Morgan fingerprint density at radius 1 is 1.16 bits per heavy atom. The molecule has 0 atom stereocenters. The summed E-state index contributed by atoms with van der Waals surface area (Å²) in [5.74, 6) is 0.00682. The van der Waals surface area contributed by atoms with Crippen molar-refractivity contribution in [1.29, 1.82) is 0 Å². The zero-order valence-electron chi connectivity index (χ0n) is 14.0. The highest BCUT2D eigenvalue weighted by molar-refractivity contribution is 7.58. The maximum atomic E-state index is 12.2. The second kappa shape index (κ2) is 8.25. The van der Waals surface area contributed by atoms with E-state index in [1.165, 1.54) is 19.3 Å². The highest BCUT2D eigenvalue weighted by Crippen LogP contribution is 2.45. The smallest absolute Gasteiger partial charge is 0.316 e. The summed E-state index contributed by atoms with van der Waals surface area (Å²) in [5.41, 5.74) is -0.139. The predicted molar refractivity (Wildman–Crippen MR) is 86.4 cm³/mol. The molecule has 1 aliphatic rings. The molecule has 0 saturated heterocycles. The third-order valence-corrected chi connectivity index (χ3v) is 6.50. The molecule has 0 aromatic rings. The van der Waals surface area contributed by atoms with Crippen molar-refractivity contribution in [2.24, 2.45) is 0 Å². The van der Waals surface area contributed by atoms with Gasteiger partial charge in [0.1, 0.15) is 5.60 Å². The van der Waals surface area contributed by atoms with Crippen molar-refractivity contribution in [3.05, 3.63) is 0 Å². The van der Waals surface area contributed by atoms with Crippen molar-refractivity contribution in [2.75, 3.05) is 13.3 Å². The van der Waals surface area contributed by atoms with Crippen LogP contribution in [0.25, 0.3) is 0 Å². The van der Waals surface area contributed by atoms with E-state index in [1.54, 1.807) is 0 Å². The van der Waals surface area contributed by atoms with Crippen LogP contribution in [-0.2, 0) is 9.53 Å². The summed E-state index contributed by atoms with van der Waals surface area (Å²) < 4.78 is 5.85. The maximum Gasteiger partial charge on any atom is 0.316 e. The summed E-state index contributed by atoms with van der Waals surface area (Å²) in [6.45, 7) is 14.7. The summed E-state index contributed by atoms with van der Waals surface area (Å²) in [6.07, 6.45) is 6.72. The van der Waals surface area contributed by atoms with Crippen molar-refractivity contribution in [3.63, 3.8) is 0 Å². The van der Waals surface area contributed by atoms with Crippen molar-refractivity contribution < 1.29 is 9.53 Å². The van der Waals surface area contributed by atoms with E-state index in [0.717, 1.165) is 19.3 Å². The van der Waals surface area contributed by atoms with Crippen LogP contribution < -0.4 is 0 Å². The minimum absolute atomic E-state index is 0.00682. The summed E-state index contributed by atoms with van der Waals surface area (Å²) in [6, 6.07) is 0. The first-order chi connectivity index (χ1) is 8.75. The lowest BCUT2D eigenvalue weighted by Gasteiger charge is -2.34. The van der Waals surface area contributed by atoms with Gasteiger partial charge in [-0.2, -0.15) is 0 Å². The van der Waals surface area contributed by atoms with Crippen molar-refractivity contribution in [1.82, 2.24) is 0 Å². The SMILES string of the molecule is CCC.CCC1(OC(=O)C(C)(C)P(C)C)CCCC1. The van der Waals surface area contributed by atoms with E-state index in [-0.39, 0.29) is 24.6 Å². The fourth-order valence-electron chi connectivity index (χ4n) is 2.05. The highest BCUT2D eigenvalue weighted by atomic mass is 31.1. The number of ether oxygens (including phenoxy) is 1. The summed E-state index contributed by atoms with van der Waals surface area (Å²) >= 11 is 0. The minimum Gasteiger partial charge on any atom is -0.458 e. The van der Waals surface area contributed by atoms with Gasteiger partial charge in [0.05, 0.1) is 5.16 Å². The first-order valence-electron chi connectivity index (χ1n) is 7.66. The van der Waals surface area contributed by atoms with Crippen LogP contribution in [0.3, 0.4) is 0 Å². The van der Waals surface area contributed by atoms with Crippen molar-refractivity contribution >= 4 is 13.9 Å². The third-order valence-electron chi connectivity index (χ3n) is 4.09.